The van der Waals surface area contributed by atoms with Crippen LogP contribution >= 0.6 is 11.6 Å². The van der Waals surface area contributed by atoms with Gasteiger partial charge in [-0.3, -0.25) is 9.59 Å². The van der Waals surface area contributed by atoms with E-state index in [2.05, 4.69) is 9.97 Å². The lowest BCUT2D eigenvalue weighted by Gasteiger charge is -2.12. The van der Waals surface area contributed by atoms with Crippen LogP contribution in [0.3, 0.4) is 0 Å². The first kappa shape index (κ1) is 24.4. The summed E-state index contributed by atoms with van der Waals surface area (Å²) in [6.07, 6.45) is 0.0846. The second kappa shape index (κ2) is 11.4. The molecular formula is C21H27ClN2O5. The number of carbonyl (C=O) groups is 2. The molecule has 0 fully saturated rings. The molecule has 0 atom stereocenters. The zero-order chi connectivity index (χ0) is 22.1. The lowest BCUT2D eigenvalue weighted by atomic mass is 10.2. The minimum absolute atomic E-state index is 0.0393. The van der Waals surface area contributed by atoms with Crippen molar-refractivity contribution in [2.45, 2.75) is 53.8 Å². The molecule has 0 radical (unpaired) electrons. The highest BCUT2D eigenvalue weighted by Crippen LogP contribution is 2.25. The Balaban J connectivity index is 0.000000291. The van der Waals surface area contributed by atoms with E-state index in [0.29, 0.717) is 28.8 Å². The lowest BCUT2D eigenvalue weighted by Crippen LogP contribution is -2.08. The second-order valence-corrected chi connectivity index (χ2v) is 6.99. The molecule has 2 aromatic rings. The van der Waals surface area contributed by atoms with Crippen LogP contribution < -0.4 is 14.2 Å². The Morgan fingerprint density at radius 2 is 1.28 bits per heavy atom. The van der Waals surface area contributed by atoms with Crippen LogP contribution in [0.4, 0.5) is 0 Å². The number of hydrogen-bond acceptors (Lipinski definition) is 7. The van der Waals surface area contributed by atoms with E-state index in [1.165, 1.54) is 21.0 Å². The van der Waals surface area contributed by atoms with E-state index in [4.69, 9.17) is 25.8 Å². The van der Waals surface area contributed by atoms with Gasteiger partial charge in [-0.05, 0) is 52.0 Å². The molecule has 158 valence electrons. The molecule has 0 aliphatic heterocycles. The van der Waals surface area contributed by atoms with Gasteiger partial charge in [0, 0.05) is 13.8 Å². The Kier molecular flexibility index (Phi) is 9.55. The van der Waals surface area contributed by atoms with E-state index in [-0.39, 0.29) is 28.9 Å². The number of ether oxygens (including phenoxy) is 3. The summed E-state index contributed by atoms with van der Waals surface area (Å²) in [7, 11) is 1.50. The zero-order valence-electron chi connectivity index (χ0n) is 17.8. The van der Waals surface area contributed by atoms with Crippen molar-refractivity contribution in [1.82, 2.24) is 9.97 Å². The van der Waals surface area contributed by atoms with Gasteiger partial charge in [0.05, 0.1) is 19.3 Å². The predicted molar refractivity (Wildman–Crippen MR) is 112 cm³/mol. The zero-order valence-corrected chi connectivity index (χ0v) is 18.5. The van der Waals surface area contributed by atoms with Crippen molar-refractivity contribution in [2.24, 2.45) is 0 Å². The van der Waals surface area contributed by atoms with Gasteiger partial charge in [0.25, 0.3) is 5.88 Å². The minimum Gasteiger partial charge on any atom is -0.488 e. The molecule has 0 aromatic carbocycles. The minimum atomic E-state index is -0.108. The van der Waals surface area contributed by atoms with Crippen LogP contribution in [-0.4, -0.2) is 40.9 Å². The Bertz CT molecular complexity index is 853. The molecule has 0 spiro atoms. The summed E-state index contributed by atoms with van der Waals surface area (Å²) in [4.78, 5) is 30.0. The average Bonchev–Trinajstić information content (AvgIpc) is 2.63. The van der Waals surface area contributed by atoms with Crippen molar-refractivity contribution in [1.29, 1.82) is 0 Å². The molecule has 2 heterocycles. The van der Waals surface area contributed by atoms with Gasteiger partial charge in [-0.1, -0.05) is 11.6 Å². The van der Waals surface area contributed by atoms with Gasteiger partial charge >= 0.3 is 0 Å². The molecule has 0 aliphatic rings. The summed E-state index contributed by atoms with van der Waals surface area (Å²) in [6.45, 7) is 10.5. The number of pyridine rings is 2. The topological polar surface area (TPSA) is 87.6 Å². The normalized spacial score (nSPS) is 10.3. The first-order valence-corrected chi connectivity index (χ1v) is 9.49. The largest absolute Gasteiger partial charge is 0.488 e. The Morgan fingerprint density at radius 3 is 1.69 bits per heavy atom. The molecule has 2 aromatic heterocycles. The molecule has 2 rings (SSSR count). The highest BCUT2D eigenvalue weighted by Gasteiger charge is 2.11. The van der Waals surface area contributed by atoms with Crippen molar-refractivity contribution in [2.75, 3.05) is 7.11 Å². The van der Waals surface area contributed by atoms with Gasteiger partial charge in [-0.15, -0.1) is 0 Å². The van der Waals surface area contributed by atoms with Gasteiger partial charge in [0.2, 0.25) is 0 Å². The molecule has 0 saturated heterocycles. The van der Waals surface area contributed by atoms with Crippen molar-refractivity contribution in [3.05, 3.63) is 40.8 Å². The molecular weight excluding hydrogens is 396 g/mol. The Morgan fingerprint density at radius 1 is 0.828 bits per heavy atom. The quantitative estimate of drug-likeness (QED) is 0.467. The SMILES string of the molecule is CC(=O)c1ccc(OC(C)C)c(Cl)n1.COc1nc(C(C)=O)ccc1OC(C)C. The number of Topliss-reactive ketones (excluding diaryl/α,β-unsaturated/α-hetero) is 2. The maximum Gasteiger partial charge on any atom is 0.257 e. The predicted octanol–water partition coefficient (Wildman–Crippen LogP) is 4.80. The number of rotatable bonds is 7. The fourth-order valence-corrected chi connectivity index (χ4v) is 2.27. The van der Waals surface area contributed by atoms with Gasteiger partial charge in [0.1, 0.15) is 11.4 Å². The first-order chi connectivity index (χ1) is 13.5. The summed E-state index contributed by atoms with van der Waals surface area (Å²) >= 11 is 5.83. The monoisotopic (exact) mass is 422 g/mol. The van der Waals surface area contributed by atoms with Crippen LogP contribution in [0.15, 0.2) is 24.3 Å². The van der Waals surface area contributed by atoms with Crippen LogP contribution in [-0.2, 0) is 0 Å². The smallest absolute Gasteiger partial charge is 0.257 e. The van der Waals surface area contributed by atoms with E-state index in [1.54, 1.807) is 24.3 Å². The van der Waals surface area contributed by atoms with Crippen molar-refractivity contribution in [3.63, 3.8) is 0 Å². The molecule has 7 nitrogen and oxygen atoms in total. The van der Waals surface area contributed by atoms with Gasteiger partial charge in [0.15, 0.2) is 28.2 Å². The second-order valence-electron chi connectivity index (χ2n) is 6.63. The van der Waals surface area contributed by atoms with Crippen LogP contribution in [0.5, 0.6) is 17.4 Å². The molecule has 0 amide bonds. The molecule has 0 unspecified atom stereocenters. The summed E-state index contributed by atoms with van der Waals surface area (Å²) in [5.41, 5.74) is 0.731. The summed E-state index contributed by atoms with van der Waals surface area (Å²) in [5.74, 6) is 1.20. The molecule has 0 saturated carbocycles. The molecule has 29 heavy (non-hydrogen) atoms. The Labute approximate surface area is 176 Å². The number of nitrogens with zero attached hydrogens (tertiary/aromatic N) is 2. The van der Waals surface area contributed by atoms with Crippen LogP contribution in [0.2, 0.25) is 5.15 Å². The molecule has 8 heteroatoms. The van der Waals surface area contributed by atoms with Crippen LogP contribution in [0, 0.1) is 0 Å². The number of methoxy groups -OCH3 is 1. The lowest BCUT2D eigenvalue weighted by molar-refractivity contribution is 0.0999. The maximum absolute atomic E-state index is 11.1. The van der Waals surface area contributed by atoms with Gasteiger partial charge in [-0.2, -0.15) is 0 Å². The third-order valence-corrected chi connectivity index (χ3v) is 3.55. The fourth-order valence-electron chi connectivity index (χ4n) is 2.07. The summed E-state index contributed by atoms with van der Waals surface area (Å²) < 4.78 is 15.9. The van der Waals surface area contributed by atoms with Gasteiger partial charge in [-0.25, -0.2) is 9.97 Å². The maximum atomic E-state index is 11.1. The first-order valence-electron chi connectivity index (χ1n) is 9.11. The number of carbonyl (C=O) groups excluding carboxylic acids is 2. The number of ketones is 2. The number of aromatic nitrogens is 2. The standard InChI is InChI=1S/C11H15NO3.C10H12ClNO2/c1-7(2)15-10-6-5-9(8(3)13)12-11(10)14-4;1-6(2)14-9-5-4-8(7(3)13)12-10(9)11/h5-7H,1-4H3;4-6H,1-3H3. The third kappa shape index (κ3) is 8.07. The van der Waals surface area contributed by atoms with E-state index in [1.807, 2.05) is 27.7 Å². The molecule has 0 aliphatic carbocycles. The highest BCUT2D eigenvalue weighted by molar-refractivity contribution is 6.31. The fraction of sp³-hybridized carbons (Fsp3) is 0.429. The van der Waals surface area contributed by atoms with E-state index in [0.717, 1.165) is 0 Å². The number of halogens is 1. The third-order valence-electron chi connectivity index (χ3n) is 3.28. The van der Waals surface area contributed by atoms with E-state index >= 15 is 0 Å². The van der Waals surface area contributed by atoms with Gasteiger partial charge < -0.3 is 14.2 Å². The number of hydrogen-bond donors (Lipinski definition) is 0. The summed E-state index contributed by atoms with van der Waals surface area (Å²) in [6, 6.07) is 6.59. The van der Waals surface area contributed by atoms with Crippen molar-refractivity contribution >= 4 is 23.2 Å². The average molecular weight is 423 g/mol. The summed E-state index contributed by atoms with van der Waals surface area (Å²) in [5, 5.41) is 0.228. The van der Waals surface area contributed by atoms with Crippen LogP contribution in [0.1, 0.15) is 62.5 Å². The van der Waals surface area contributed by atoms with Crippen molar-refractivity contribution in [3.8, 4) is 17.4 Å². The van der Waals surface area contributed by atoms with E-state index in [9.17, 15) is 9.59 Å². The van der Waals surface area contributed by atoms with E-state index < -0.39 is 0 Å². The Hall–Kier alpha value is -2.67. The highest BCUT2D eigenvalue weighted by atomic mass is 35.5. The van der Waals surface area contributed by atoms with Crippen LogP contribution in [0.25, 0.3) is 0 Å². The van der Waals surface area contributed by atoms with Crippen molar-refractivity contribution < 1.29 is 23.8 Å². The molecule has 0 N–H and O–H groups in total. The molecule has 0 bridgehead atoms.